The van der Waals surface area contributed by atoms with Gasteiger partial charge in [-0.25, -0.2) is 0 Å². The van der Waals surface area contributed by atoms with Gasteiger partial charge in [-0.2, -0.15) is 0 Å². The molecule has 4 nitrogen and oxygen atoms in total. The van der Waals surface area contributed by atoms with Crippen LogP contribution in [-0.4, -0.2) is 35.8 Å². The van der Waals surface area contributed by atoms with Crippen LogP contribution in [0, 0.1) is 5.92 Å². The van der Waals surface area contributed by atoms with E-state index in [0.29, 0.717) is 17.9 Å². The molecule has 1 aromatic carbocycles. The maximum absolute atomic E-state index is 12.1. The molecule has 1 aromatic rings. The van der Waals surface area contributed by atoms with Gasteiger partial charge in [0.05, 0.1) is 0 Å². The van der Waals surface area contributed by atoms with E-state index >= 15 is 0 Å². The van der Waals surface area contributed by atoms with Gasteiger partial charge in [0.15, 0.2) is 0 Å². The van der Waals surface area contributed by atoms with E-state index in [1.165, 1.54) is 5.56 Å². The Morgan fingerprint density at radius 3 is 2.48 bits per heavy atom. The molecule has 1 heterocycles. The second kappa shape index (κ2) is 7.16. The smallest absolute Gasteiger partial charge is 0.251 e. The highest BCUT2D eigenvalue weighted by Crippen LogP contribution is 2.21. The van der Waals surface area contributed by atoms with Gasteiger partial charge in [0.2, 0.25) is 5.91 Å². The van der Waals surface area contributed by atoms with Crippen molar-refractivity contribution in [2.45, 2.75) is 52.0 Å². The quantitative estimate of drug-likeness (QED) is 0.928. The molecule has 0 aliphatic carbocycles. The number of carbonyl (C=O) groups excluding carboxylic acids is 2. The molecule has 1 atom stereocenters. The minimum absolute atomic E-state index is 0.0310. The Bertz CT molecular complexity index is 558. The first-order valence-electron chi connectivity index (χ1n) is 8.40. The molecule has 1 N–H and O–H groups in total. The third-order valence-corrected chi connectivity index (χ3v) is 4.27. The zero-order valence-corrected chi connectivity index (χ0v) is 14.7. The molecular weight excluding hydrogens is 288 g/mol. The first-order valence-corrected chi connectivity index (χ1v) is 8.40. The predicted octanol–water partition coefficient (Wildman–Crippen LogP) is 3.02. The first-order chi connectivity index (χ1) is 10.7. The van der Waals surface area contributed by atoms with Crippen LogP contribution in [0.15, 0.2) is 24.3 Å². The Hall–Kier alpha value is -1.84. The van der Waals surface area contributed by atoms with E-state index in [2.05, 4.69) is 5.32 Å². The van der Waals surface area contributed by atoms with E-state index in [9.17, 15) is 9.59 Å². The highest BCUT2D eigenvalue weighted by Gasteiger charge is 2.22. The zero-order chi connectivity index (χ0) is 17.0. The van der Waals surface area contributed by atoms with Crippen LogP contribution in [-0.2, 0) is 11.2 Å². The minimum Gasteiger partial charge on any atom is -0.347 e. The number of hydrogen-bond acceptors (Lipinski definition) is 2. The molecule has 2 rings (SSSR count). The number of benzene rings is 1. The SMILES string of the molecule is CN1CC(CCc2ccc(C(=O)NC(C)(C)C)cc2)CCC1=O. The lowest BCUT2D eigenvalue weighted by atomic mass is 9.91. The molecule has 1 aliphatic rings. The van der Waals surface area contributed by atoms with Crippen molar-refractivity contribution in [1.82, 2.24) is 10.2 Å². The number of rotatable bonds is 4. The fraction of sp³-hybridized carbons (Fsp3) is 0.579. The van der Waals surface area contributed by atoms with Crippen molar-refractivity contribution in [1.29, 1.82) is 0 Å². The first kappa shape index (κ1) is 17.5. The van der Waals surface area contributed by atoms with Gasteiger partial charge in [-0.05, 0) is 63.6 Å². The molecule has 4 heteroatoms. The maximum atomic E-state index is 12.1. The van der Waals surface area contributed by atoms with Crippen LogP contribution >= 0.6 is 0 Å². The van der Waals surface area contributed by atoms with Gasteiger partial charge < -0.3 is 10.2 Å². The second-order valence-electron chi connectivity index (χ2n) is 7.62. The highest BCUT2D eigenvalue weighted by atomic mass is 16.2. The summed E-state index contributed by atoms with van der Waals surface area (Å²) in [6.45, 7) is 6.80. The topological polar surface area (TPSA) is 49.4 Å². The predicted molar refractivity (Wildman–Crippen MR) is 92.3 cm³/mol. The Kier molecular flexibility index (Phi) is 5.45. The maximum Gasteiger partial charge on any atom is 0.251 e. The van der Waals surface area contributed by atoms with E-state index in [-0.39, 0.29) is 17.4 Å². The lowest BCUT2D eigenvalue weighted by Crippen LogP contribution is -2.40. The van der Waals surface area contributed by atoms with E-state index in [0.717, 1.165) is 25.8 Å². The van der Waals surface area contributed by atoms with Gasteiger partial charge in [-0.3, -0.25) is 9.59 Å². The molecule has 1 saturated heterocycles. The summed E-state index contributed by atoms with van der Waals surface area (Å²) in [5.41, 5.74) is 1.73. The molecule has 23 heavy (non-hydrogen) atoms. The molecule has 0 bridgehead atoms. The van der Waals surface area contributed by atoms with Gasteiger partial charge in [-0.15, -0.1) is 0 Å². The monoisotopic (exact) mass is 316 g/mol. The number of likely N-dealkylation sites (tertiary alicyclic amines) is 1. The summed E-state index contributed by atoms with van der Waals surface area (Å²) in [4.78, 5) is 25.4. The molecule has 1 fully saturated rings. The molecule has 2 amide bonds. The van der Waals surface area contributed by atoms with Gasteiger partial charge in [0.1, 0.15) is 0 Å². The Morgan fingerprint density at radius 1 is 1.26 bits per heavy atom. The van der Waals surface area contributed by atoms with Crippen LogP contribution in [0.25, 0.3) is 0 Å². The lowest BCUT2D eigenvalue weighted by molar-refractivity contribution is -0.133. The van der Waals surface area contributed by atoms with E-state index in [4.69, 9.17) is 0 Å². The Morgan fingerprint density at radius 2 is 1.91 bits per heavy atom. The summed E-state index contributed by atoms with van der Waals surface area (Å²) in [6, 6.07) is 7.87. The van der Waals surface area contributed by atoms with Crippen LogP contribution in [0.4, 0.5) is 0 Å². The number of nitrogens with one attached hydrogen (secondary N) is 1. The van der Waals surface area contributed by atoms with Crippen LogP contribution < -0.4 is 5.32 Å². The summed E-state index contributed by atoms with van der Waals surface area (Å²) in [7, 11) is 1.89. The number of hydrogen-bond donors (Lipinski definition) is 1. The lowest BCUT2D eigenvalue weighted by Gasteiger charge is -2.29. The zero-order valence-electron chi connectivity index (χ0n) is 14.7. The van der Waals surface area contributed by atoms with Crippen LogP contribution in [0.2, 0.25) is 0 Å². The fourth-order valence-corrected chi connectivity index (χ4v) is 2.94. The van der Waals surface area contributed by atoms with E-state index in [1.54, 1.807) is 0 Å². The van der Waals surface area contributed by atoms with E-state index in [1.807, 2.05) is 57.0 Å². The van der Waals surface area contributed by atoms with Crippen molar-refractivity contribution >= 4 is 11.8 Å². The van der Waals surface area contributed by atoms with Crippen molar-refractivity contribution < 1.29 is 9.59 Å². The normalized spacial score (nSPS) is 18.9. The number of piperidine rings is 1. The van der Waals surface area contributed by atoms with Gasteiger partial charge in [0.25, 0.3) is 5.91 Å². The molecule has 0 radical (unpaired) electrons. The average Bonchev–Trinajstić information content (AvgIpc) is 2.47. The summed E-state index contributed by atoms with van der Waals surface area (Å²) in [5.74, 6) is 0.813. The second-order valence-corrected chi connectivity index (χ2v) is 7.62. The van der Waals surface area contributed by atoms with E-state index < -0.39 is 0 Å². The van der Waals surface area contributed by atoms with Crippen molar-refractivity contribution in [3.8, 4) is 0 Å². The fourth-order valence-electron chi connectivity index (χ4n) is 2.94. The van der Waals surface area contributed by atoms with Crippen molar-refractivity contribution in [2.24, 2.45) is 5.92 Å². The summed E-state index contributed by atoms with van der Waals surface area (Å²) < 4.78 is 0. The molecular formula is C19H28N2O2. The third kappa shape index (κ3) is 5.38. The number of amides is 2. The minimum atomic E-state index is -0.222. The highest BCUT2D eigenvalue weighted by molar-refractivity contribution is 5.94. The molecule has 0 saturated carbocycles. The number of nitrogens with zero attached hydrogens (tertiary/aromatic N) is 1. The molecule has 0 spiro atoms. The molecule has 1 unspecified atom stereocenters. The van der Waals surface area contributed by atoms with Crippen LogP contribution in [0.3, 0.4) is 0 Å². The van der Waals surface area contributed by atoms with Crippen molar-refractivity contribution in [2.75, 3.05) is 13.6 Å². The van der Waals surface area contributed by atoms with Crippen molar-refractivity contribution in [3.63, 3.8) is 0 Å². The number of carbonyl (C=O) groups is 2. The average molecular weight is 316 g/mol. The van der Waals surface area contributed by atoms with Crippen LogP contribution in [0.1, 0.15) is 56.0 Å². The summed E-state index contributed by atoms with van der Waals surface area (Å²) in [5, 5.41) is 2.97. The summed E-state index contributed by atoms with van der Waals surface area (Å²) in [6.07, 6.45) is 3.75. The largest absolute Gasteiger partial charge is 0.347 e. The Labute approximate surface area is 139 Å². The molecule has 126 valence electrons. The van der Waals surface area contributed by atoms with Gasteiger partial charge in [0, 0.05) is 31.1 Å². The molecule has 1 aliphatic heterocycles. The molecule has 0 aromatic heterocycles. The van der Waals surface area contributed by atoms with Gasteiger partial charge >= 0.3 is 0 Å². The third-order valence-electron chi connectivity index (χ3n) is 4.27. The standard InChI is InChI=1S/C19H28N2O2/c1-19(2,3)20-18(23)16-10-7-14(8-11-16)5-6-15-9-12-17(22)21(4)13-15/h7-8,10-11,15H,5-6,9,12-13H2,1-4H3,(H,20,23). The summed E-state index contributed by atoms with van der Waals surface area (Å²) >= 11 is 0. The Balaban J connectivity index is 1.86. The number of aryl methyl sites for hydroxylation is 1. The van der Waals surface area contributed by atoms with Crippen LogP contribution in [0.5, 0.6) is 0 Å². The van der Waals surface area contributed by atoms with Gasteiger partial charge in [-0.1, -0.05) is 12.1 Å². The van der Waals surface area contributed by atoms with Crippen molar-refractivity contribution in [3.05, 3.63) is 35.4 Å².